The van der Waals surface area contributed by atoms with Gasteiger partial charge in [-0.2, -0.15) is 0 Å². The molecule has 80 valence electrons. The summed E-state index contributed by atoms with van der Waals surface area (Å²) in [6, 6.07) is 0. The van der Waals surface area contributed by atoms with E-state index in [1.807, 2.05) is 0 Å². The van der Waals surface area contributed by atoms with Crippen molar-refractivity contribution in [1.82, 2.24) is 0 Å². The van der Waals surface area contributed by atoms with E-state index in [2.05, 4.69) is 6.58 Å². The molecule has 3 atom stereocenters. The third-order valence-electron chi connectivity index (χ3n) is 2.27. The molecule has 0 aromatic rings. The van der Waals surface area contributed by atoms with Gasteiger partial charge in [-0.15, -0.1) is 6.58 Å². The van der Waals surface area contributed by atoms with Gasteiger partial charge in [-0.3, -0.25) is 0 Å². The summed E-state index contributed by atoms with van der Waals surface area (Å²) >= 11 is 0. The van der Waals surface area contributed by atoms with Crippen LogP contribution in [0.4, 0.5) is 0 Å². The van der Waals surface area contributed by atoms with Gasteiger partial charge in [-0.25, -0.2) is 4.79 Å². The number of hydrogen-bond acceptors (Lipinski definition) is 3. The smallest absolute Gasteiger partial charge is 0.332 e. The SMILES string of the molecule is C=C[C@H]1OCCC[C@@H]1O[C@@H](C)C(=O)O. The first-order chi connectivity index (χ1) is 6.65. The summed E-state index contributed by atoms with van der Waals surface area (Å²) in [7, 11) is 0. The minimum Gasteiger partial charge on any atom is -0.479 e. The van der Waals surface area contributed by atoms with Crippen molar-refractivity contribution in [3.8, 4) is 0 Å². The van der Waals surface area contributed by atoms with Crippen LogP contribution in [0.25, 0.3) is 0 Å². The van der Waals surface area contributed by atoms with Crippen molar-refractivity contribution in [2.45, 2.75) is 38.1 Å². The summed E-state index contributed by atoms with van der Waals surface area (Å²) in [4.78, 5) is 10.6. The van der Waals surface area contributed by atoms with Crippen LogP contribution in [0.1, 0.15) is 19.8 Å². The highest BCUT2D eigenvalue weighted by Crippen LogP contribution is 2.19. The van der Waals surface area contributed by atoms with Gasteiger partial charge in [0.15, 0.2) is 6.10 Å². The lowest BCUT2D eigenvalue weighted by molar-refractivity contribution is -0.162. The Kier molecular flexibility index (Phi) is 4.10. The lowest BCUT2D eigenvalue weighted by Crippen LogP contribution is -2.38. The summed E-state index contributed by atoms with van der Waals surface area (Å²) in [5.74, 6) is -0.946. The first kappa shape index (κ1) is 11.2. The zero-order valence-electron chi connectivity index (χ0n) is 8.31. The number of rotatable bonds is 4. The first-order valence-corrected chi connectivity index (χ1v) is 4.77. The molecule has 1 N–H and O–H groups in total. The van der Waals surface area contributed by atoms with E-state index in [0.717, 1.165) is 12.8 Å². The van der Waals surface area contributed by atoms with E-state index in [-0.39, 0.29) is 12.2 Å². The number of ether oxygens (including phenoxy) is 2. The maximum absolute atomic E-state index is 10.6. The standard InChI is InChI=1S/C10H16O4/c1-3-8-9(5-4-6-13-8)14-7(2)10(11)12/h3,7-9H,1,4-6H2,2H3,(H,11,12)/t7-,8+,9-/m0/s1. The monoisotopic (exact) mass is 200 g/mol. The van der Waals surface area contributed by atoms with Gasteiger partial charge in [0.25, 0.3) is 0 Å². The van der Waals surface area contributed by atoms with Gasteiger partial charge in [0.05, 0.1) is 6.10 Å². The van der Waals surface area contributed by atoms with Crippen LogP contribution in [0, 0.1) is 0 Å². The molecule has 4 heteroatoms. The van der Waals surface area contributed by atoms with E-state index in [4.69, 9.17) is 14.6 Å². The Morgan fingerprint density at radius 1 is 1.79 bits per heavy atom. The fourth-order valence-corrected chi connectivity index (χ4v) is 1.46. The second-order valence-electron chi connectivity index (χ2n) is 3.37. The van der Waals surface area contributed by atoms with Crippen molar-refractivity contribution in [3.63, 3.8) is 0 Å². The van der Waals surface area contributed by atoms with E-state index >= 15 is 0 Å². The van der Waals surface area contributed by atoms with Crippen molar-refractivity contribution < 1.29 is 19.4 Å². The van der Waals surface area contributed by atoms with Crippen LogP contribution in [0.3, 0.4) is 0 Å². The second kappa shape index (κ2) is 5.12. The zero-order valence-corrected chi connectivity index (χ0v) is 8.31. The van der Waals surface area contributed by atoms with E-state index < -0.39 is 12.1 Å². The number of carboxylic acid groups (broad SMARTS) is 1. The molecule has 1 heterocycles. The molecular weight excluding hydrogens is 184 g/mol. The first-order valence-electron chi connectivity index (χ1n) is 4.77. The summed E-state index contributed by atoms with van der Waals surface area (Å²) in [6.07, 6.45) is 2.26. The molecule has 0 amide bonds. The molecule has 1 aliphatic heterocycles. The van der Waals surface area contributed by atoms with Gasteiger partial charge < -0.3 is 14.6 Å². The molecule has 0 aromatic heterocycles. The maximum Gasteiger partial charge on any atom is 0.332 e. The molecule has 0 unspecified atom stereocenters. The highest BCUT2D eigenvalue weighted by Gasteiger charge is 2.27. The number of carbonyl (C=O) groups is 1. The summed E-state index contributed by atoms with van der Waals surface area (Å²) in [5, 5.41) is 8.68. The third kappa shape index (κ3) is 2.82. The van der Waals surface area contributed by atoms with Crippen molar-refractivity contribution >= 4 is 5.97 Å². The summed E-state index contributed by atoms with van der Waals surface area (Å²) in [5.41, 5.74) is 0. The Morgan fingerprint density at radius 2 is 2.50 bits per heavy atom. The number of hydrogen-bond donors (Lipinski definition) is 1. The predicted octanol–water partition coefficient (Wildman–Crippen LogP) is 1.21. The van der Waals surface area contributed by atoms with Crippen molar-refractivity contribution in [3.05, 3.63) is 12.7 Å². The fraction of sp³-hybridized carbons (Fsp3) is 0.700. The van der Waals surface area contributed by atoms with Crippen molar-refractivity contribution in [1.29, 1.82) is 0 Å². The van der Waals surface area contributed by atoms with Crippen LogP contribution in [-0.4, -0.2) is 36.0 Å². The second-order valence-corrected chi connectivity index (χ2v) is 3.37. The molecule has 1 rings (SSSR count). The normalized spacial score (nSPS) is 29.5. The molecule has 0 saturated carbocycles. The van der Waals surface area contributed by atoms with E-state index in [9.17, 15) is 4.79 Å². The maximum atomic E-state index is 10.6. The highest BCUT2D eigenvalue weighted by molar-refractivity contribution is 5.71. The van der Waals surface area contributed by atoms with Crippen LogP contribution in [0.15, 0.2) is 12.7 Å². The van der Waals surface area contributed by atoms with Gasteiger partial charge in [0.1, 0.15) is 6.10 Å². The van der Waals surface area contributed by atoms with Crippen molar-refractivity contribution in [2.75, 3.05) is 6.61 Å². The Bertz CT molecular complexity index is 214. The average Bonchev–Trinajstić information content (AvgIpc) is 2.18. The molecule has 0 aromatic carbocycles. The Morgan fingerprint density at radius 3 is 3.07 bits per heavy atom. The van der Waals surface area contributed by atoms with E-state index in [1.54, 1.807) is 6.08 Å². The molecule has 0 bridgehead atoms. The predicted molar refractivity (Wildman–Crippen MR) is 51.1 cm³/mol. The number of aliphatic carboxylic acids is 1. The minimum absolute atomic E-state index is 0.174. The van der Waals surface area contributed by atoms with Crippen LogP contribution in [0.5, 0.6) is 0 Å². The van der Waals surface area contributed by atoms with E-state index in [0.29, 0.717) is 6.61 Å². The van der Waals surface area contributed by atoms with Crippen LogP contribution in [0.2, 0.25) is 0 Å². The lowest BCUT2D eigenvalue weighted by atomic mass is 10.1. The molecule has 4 nitrogen and oxygen atoms in total. The minimum atomic E-state index is -0.946. The molecule has 1 fully saturated rings. The van der Waals surface area contributed by atoms with Crippen LogP contribution in [-0.2, 0) is 14.3 Å². The van der Waals surface area contributed by atoms with E-state index in [1.165, 1.54) is 6.92 Å². The van der Waals surface area contributed by atoms with Crippen LogP contribution >= 0.6 is 0 Å². The molecule has 1 saturated heterocycles. The summed E-state index contributed by atoms with van der Waals surface area (Å²) in [6.45, 7) is 5.85. The Balaban J connectivity index is 2.47. The highest BCUT2D eigenvalue weighted by atomic mass is 16.6. The third-order valence-corrected chi connectivity index (χ3v) is 2.27. The molecule has 0 spiro atoms. The van der Waals surface area contributed by atoms with Gasteiger partial charge in [-0.05, 0) is 19.8 Å². The molecule has 0 aliphatic carbocycles. The van der Waals surface area contributed by atoms with Gasteiger partial charge in [0, 0.05) is 6.61 Å². The number of carboxylic acids is 1. The van der Waals surface area contributed by atoms with Gasteiger partial charge in [-0.1, -0.05) is 6.08 Å². The molecule has 1 aliphatic rings. The van der Waals surface area contributed by atoms with Crippen LogP contribution < -0.4 is 0 Å². The quantitative estimate of drug-likeness (QED) is 0.693. The Hall–Kier alpha value is -0.870. The summed E-state index contributed by atoms with van der Waals surface area (Å²) < 4.78 is 10.7. The van der Waals surface area contributed by atoms with Crippen molar-refractivity contribution in [2.24, 2.45) is 0 Å². The van der Waals surface area contributed by atoms with Gasteiger partial charge in [0.2, 0.25) is 0 Å². The topological polar surface area (TPSA) is 55.8 Å². The fourth-order valence-electron chi connectivity index (χ4n) is 1.46. The Labute approximate surface area is 83.5 Å². The largest absolute Gasteiger partial charge is 0.479 e. The molecule has 0 radical (unpaired) electrons. The van der Waals surface area contributed by atoms with Gasteiger partial charge >= 0.3 is 5.97 Å². The lowest BCUT2D eigenvalue weighted by Gasteiger charge is -2.30. The zero-order chi connectivity index (χ0) is 10.6. The average molecular weight is 200 g/mol. The molecule has 14 heavy (non-hydrogen) atoms. The molecular formula is C10H16O4.